The van der Waals surface area contributed by atoms with Crippen LogP contribution in [0.15, 0.2) is 42.5 Å². The van der Waals surface area contributed by atoms with Crippen molar-refractivity contribution in [1.29, 1.82) is 0 Å². The van der Waals surface area contributed by atoms with Gasteiger partial charge in [-0.05, 0) is 47.9 Å². The van der Waals surface area contributed by atoms with Gasteiger partial charge in [0.25, 0.3) is 5.91 Å². The SMILES string of the molecule is O=C1CCc2cc(NC(=O)c3ccc(C4SCCS4)cc3)ccc2N1. The van der Waals surface area contributed by atoms with Crippen LogP contribution in [0.25, 0.3) is 0 Å². The molecule has 4 nitrogen and oxygen atoms in total. The molecule has 6 heteroatoms. The molecule has 25 heavy (non-hydrogen) atoms. The fourth-order valence-corrected chi connectivity index (χ4v) is 5.87. The van der Waals surface area contributed by atoms with E-state index in [0.717, 1.165) is 16.9 Å². The van der Waals surface area contributed by atoms with Gasteiger partial charge < -0.3 is 10.6 Å². The Hall–Kier alpha value is -1.92. The number of amides is 2. The highest BCUT2D eigenvalue weighted by atomic mass is 32.2. The Morgan fingerprint density at radius 3 is 2.56 bits per heavy atom. The monoisotopic (exact) mass is 370 g/mol. The molecule has 2 aliphatic heterocycles. The molecule has 0 aromatic heterocycles. The largest absolute Gasteiger partial charge is 0.326 e. The Labute approximate surface area is 155 Å². The van der Waals surface area contributed by atoms with Crippen molar-refractivity contribution in [3.63, 3.8) is 0 Å². The average molecular weight is 370 g/mol. The lowest BCUT2D eigenvalue weighted by Crippen LogP contribution is -2.19. The van der Waals surface area contributed by atoms with Crippen molar-refractivity contribution < 1.29 is 9.59 Å². The number of anilines is 2. The Balaban J connectivity index is 1.45. The molecule has 0 spiro atoms. The van der Waals surface area contributed by atoms with E-state index in [1.807, 2.05) is 66.0 Å². The van der Waals surface area contributed by atoms with Crippen LogP contribution in [0.3, 0.4) is 0 Å². The highest BCUT2D eigenvalue weighted by Crippen LogP contribution is 2.45. The molecular weight excluding hydrogens is 352 g/mol. The highest BCUT2D eigenvalue weighted by molar-refractivity contribution is 8.19. The van der Waals surface area contributed by atoms with Gasteiger partial charge in [-0.3, -0.25) is 9.59 Å². The summed E-state index contributed by atoms with van der Waals surface area (Å²) >= 11 is 3.92. The molecule has 1 saturated heterocycles. The van der Waals surface area contributed by atoms with Crippen LogP contribution in [0.1, 0.15) is 32.5 Å². The Morgan fingerprint density at radius 2 is 1.80 bits per heavy atom. The molecule has 1 fully saturated rings. The van der Waals surface area contributed by atoms with Crippen LogP contribution in [-0.4, -0.2) is 23.3 Å². The molecule has 2 N–H and O–H groups in total. The van der Waals surface area contributed by atoms with E-state index in [1.54, 1.807) is 0 Å². The molecular formula is C19H18N2O2S2. The maximum absolute atomic E-state index is 12.5. The lowest BCUT2D eigenvalue weighted by molar-refractivity contribution is -0.116. The van der Waals surface area contributed by atoms with Crippen LogP contribution in [0.5, 0.6) is 0 Å². The zero-order valence-corrected chi connectivity index (χ0v) is 15.2. The minimum atomic E-state index is -0.113. The fourth-order valence-electron chi connectivity index (χ4n) is 3.01. The number of hydrogen-bond donors (Lipinski definition) is 2. The summed E-state index contributed by atoms with van der Waals surface area (Å²) in [6.45, 7) is 0. The third kappa shape index (κ3) is 3.70. The van der Waals surface area contributed by atoms with Gasteiger partial charge in [-0.1, -0.05) is 12.1 Å². The number of carbonyl (C=O) groups is 2. The smallest absolute Gasteiger partial charge is 0.255 e. The molecule has 2 aromatic rings. The van der Waals surface area contributed by atoms with Gasteiger partial charge in [0.05, 0.1) is 4.58 Å². The zero-order valence-electron chi connectivity index (χ0n) is 13.6. The van der Waals surface area contributed by atoms with Gasteiger partial charge in [-0.25, -0.2) is 0 Å². The first-order chi connectivity index (χ1) is 12.2. The molecule has 0 aliphatic carbocycles. The van der Waals surface area contributed by atoms with Gasteiger partial charge in [0.1, 0.15) is 0 Å². The lowest BCUT2D eigenvalue weighted by atomic mass is 10.0. The number of hydrogen-bond acceptors (Lipinski definition) is 4. The number of thioether (sulfide) groups is 2. The molecule has 2 heterocycles. The number of rotatable bonds is 3. The van der Waals surface area contributed by atoms with E-state index < -0.39 is 0 Å². The van der Waals surface area contributed by atoms with Crippen LogP contribution in [0.4, 0.5) is 11.4 Å². The van der Waals surface area contributed by atoms with E-state index >= 15 is 0 Å². The molecule has 4 rings (SSSR count). The maximum Gasteiger partial charge on any atom is 0.255 e. The van der Waals surface area contributed by atoms with Crippen molar-refractivity contribution >= 4 is 46.7 Å². The zero-order chi connectivity index (χ0) is 17.2. The molecule has 2 amide bonds. The van der Waals surface area contributed by atoms with Gasteiger partial charge in [0, 0.05) is 34.9 Å². The third-order valence-electron chi connectivity index (χ3n) is 4.33. The summed E-state index contributed by atoms with van der Waals surface area (Å²) in [5, 5.41) is 5.80. The standard InChI is InChI=1S/C19H18N2O2S2/c22-17-8-5-14-11-15(6-7-16(14)21-17)20-18(23)12-1-3-13(4-2-12)19-24-9-10-25-19/h1-4,6-7,11,19H,5,8-10H2,(H,20,23)(H,21,22). The fraction of sp³-hybridized carbons (Fsp3) is 0.263. The number of carbonyl (C=O) groups excluding carboxylic acids is 2. The summed E-state index contributed by atoms with van der Waals surface area (Å²) in [6.07, 6.45) is 1.19. The van der Waals surface area contributed by atoms with E-state index in [9.17, 15) is 9.59 Å². The van der Waals surface area contributed by atoms with Gasteiger partial charge in [0.2, 0.25) is 5.91 Å². The van der Waals surface area contributed by atoms with Gasteiger partial charge in [0.15, 0.2) is 0 Å². The molecule has 0 atom stereocenters. The van der Waals surface area contributed by atoms with Gasteiger partial charge in [-0.2, -0.15) is 0 Å². The topological polar surface area (TPSA) is 58.2 Å². The van der Waals surface area contributed by atoms with Crippen LogP contribution in [-0.2, 0) is 11.2 Å². The summed E-state index contributed by atoms with van der Waals surface area (Å²) < 4.78 is 0.493. The first kappa shape index (κ1) is 16.5. The van der Waals surface area contributed by atoms with Gasteiger partial charge in [-0.15, -0.1) is 23.5 Å². The second kappa shape index (κ2) is 7.14. The molecule has 2 aliphatic rings. The van der Waals surface area contributed by atoms with Crippen molar-refractivity contribution in [3.05, 3.63) is 59.2 Å². The summed E-state index contributed by atoms with van der Waals surface area (Å²) in [6, 6.07) is 13.5. The maximum atomic E-state index is 12.5. The Morgan fingerprint density at radius 1 is 1.04 bits per heavy atom. The van der Waals surface area contributed by atoms with E-state index in [4.69, 9.17) is 0 Å². The average Bonchev–Trinajstić information content (AvgIpc) is 3.17. The van der Waals surface area contributed by atoms with Crippen LogP contribution < -0.4 is 10.6 Å². The minimum Gasteiger partial charge on any atom is -0.326 e. The first-order valence-electron chi connectivity index (χ1n) is 8.26. The molecule has 2 aromatic carbocycles. The normalized spacial score (nSPS) is 17.0. The van der Waals surface area contributed by atoms with Crippen molar-refractivity contribution in [2.24, 2.45) is 0 Å². The molecule has 0 saturated carbocycles. The minimum absolute atomic E-state index is 0.0444. The molecule has 0 unspecified atom stereocenters. The van der Waals surface area contributed by atoms with Crippen molar-refractivity contribution in [2.75, 3.05) is 22.1 Å². The first-order valence-corrected chi connectivity index (χ1v) is 10.4. The quantitative estimate of drug-likeness (QED) is 0.846. The van der Waals surface area contributed by atoms with E-state index in [2.05, 4.69) is 10.6 Å². The predicted molar refractivity (Wildman–Crippen MR) is 105 cm³/mol. The van der Waals surface area contributed by atoms with E-state index in [0.29, 0.717) is 23.0 Å². The summed E-state index contributed by atoms with van der Waals surface area (Å²) in [5.74, 6) is 2.31. The molecule has 0 radical (unpaired) electrons. The molecule has 128 valence electrons. The van der Waals surface area contributed by atoms with E-state index in [1.165, 1.54) is 17.1 Å². The summed E-state index contributed by atoms with van der Waals surface area (Å²) in [4.78, 5) is 23.9. The van der Waals surface area contributed by atoms with E-state index in [-0.39, 0.29) is 11.8 Å². The predicted octanol–water partition coefficient (Wildman–Crippen LogP) is 4.30. The van der Waals surface area contributed by atoms with Crippen LogP contribution in [0.2, 0.25) is 0 Å². The van der Waals surface area contributed by atoms with Crippen LogP contribution in [0, 0.1) is 0 Å². The number of nitrogens with one attached hydrogen (secondary N) is 2. The summed E-state index contributed by atoms with van der Waals surface area (Å²) in [7, 11) is 0. The number of fused-ring (bicyclic) bond motifs is 1. The van der Waals surface area contributed by atoms with Crippen LogP contribution >= 0.6 is 23.5 Å². The number of benzene rings is 2. The van der Waals surface area contributed by atoms with Gasteiger partial charge >= 0.3 is 0 Å². The molecule has 0 bridgehead atoms. The lowest BCUT2D eigenvalue weighted by Gasteiger charge is -2.17. The van der Waals surface area contributed by atoms with Crippen molar-refractivity contribution in [1.82, 2.24) is 0 Å². The third-order valence-corrected chi connectivity index (χ3v) is 7.43. The van der Waals surface area contributed by atoms with Crippen molar-refractivity contribution in [2.45, 2.75) is 17.4 Å². The Kier molecular flexibility index (Phi) is 4.72. The summed E-state index contributed by atoms with van der Waals surface area (Å²) in [5.41, 5.74) is 4.58. The second-order valence-electron chi connectivity index (χ2n) is 6.07. The highest BCUT2D eigenvalue weighted by Gasteiger charge is 2.19. The van der Waals surface area contributed by atoms with Crippen molar-refractivity contribution in [3.8, 4) is 0 Å². The Bertz CT molecular complexity index is 815. The second-order valence-corrected chi connectivity index (χ2v) is 8.79. The number of aryl methyl sites for hydroxylation is 1.